The lowest BCUT2D eigenvalue weighted by Crippen LogP contribution is -2.44. The van der Waals surface area contributed by atoms with Gasteiger partial charge < -0.3 is 5.32 Å². The smallest absolute Gasteiger partial charge is 0.246 e. The van der Waals surface area contributed by atoms with Crippen LogP contribution in [0.25, 0.3) is 0 Å². The summed E-state index contributed by atoms with van der Waals surface area (Å²) in [4.78, 5) is 11.6. The van der Waals surface area contributed by atoms with Gasteiger partial charge in [-0.3, -0.25) is 4.79 Å². The number of carbonyl (C=O) groups excluding carboxylic acids is 1. The molecule has 0 aromatic rings. The largest absolute Gasteiger partial charge is 0.349 e. The maximum atomic E-state index is 11.6. The first-order valence-electron chi connectivity index (χ1n) is 6.11. The van der Waals surface area contributed by atoms with Crippen LogP contribution in [0.4, 0.5) is 0 Å². The van der Waals surface area contributed by atoms with Crippen molar-refractivity contribution in [3.05, 3.63) is 12.2 Å². The molecule has 4 rings (SSSR count). The minimum absolute atomic E-state index is 0.0657. The van der Waals surface area contributed by atoms with E-state index in [2.05, 4.69) is 11.9 Å². The van der Waals surface area contributed by atoms with Crippen molar-refractivity contribution in [3.8, 4) is 0 Å². The monoisotopic (exact) mass is 205 g/mol. The zero-order valence-electron chi connectivity index (χ0n) is 9.33. The van der Waals surface area contributed by atoms with Crippen molar-refractivity contribution in [3.63, 3.8) is 0 Å². The Kier molecular flexibility index (Phi) is 1.95. The Morgan fingerprint density at radius 3 is 2.60 bits per heavy atom. The van der Waals surface area contributed by atoms with E-state index in [1.165, 1.54) is 25.7 Å². The summed E-state index contributed by atoms with van der Waals surface area (Å²) in [6.07, 6.45) is 5.51. The molecule has 4 fully saturated rings. The Morgan fingerprint density at radius 2 is 1.93 bits per heavy atom. The molecular formula is C13H19NO. The zero-order valence-corrected chi connectivity index (χ0v) is 9.33. The number of hydrogen-bond donors (Lipinski definition) is 1. The van der Waals surface area contributed by atoms with Crippen LogP contribution >= 0.6 is 0 Å². The lowest BCUT2D eigenvalue weighted by molar-refractivity contribution is -0.118. The fraction of sp³-hybridized carbons (Fsp3) is 0.769. The topological polar surface area (TPSA) is 29.1 Å². The van der Waals surface area contributed by atoms with Gasteiger partial charge >= 0.3 is 0 Å². The van der Waals surface area contributed by atoms with Gasteiger partial charge in [0.05, 0.1) is 0 Å². The van der Waals surface area contributed by atoms with E-state index >= 15 is 0 Å². The zero-order chi connectivity index (χ0) is 10.6. The van der Waals surface area contributed by atoms with Crippen LogP contribution in [-0.2, 0) is 4.79 Å². The highest BCUT2D eigenvalue weighted by atomic mass is 16.1. The highest BCUT2D eigenvalue weighted by Crippen LogP contribution is 2.58. The van der Waals surface area contributed by atoms with Crippen molar-refractivity contribution in [2.45, 2.75) is 38.6 Å². The maximum Gasteiger partial charge on any atom is 0.246 e. The van der Waals surface area contributed by atoms with E-state index in [1.54, 1.807) is 6.92 Å². The Morgan fingerprint density at radius 1 is 1.20 bits per heavy atom. The van der Waals surface area contributed by atoms with Crippen LogP contribution in [0, 0.1) is 23.7 Å². The first-order chi connectivity index (χ1) is 7.15. The molecular weight excluding hydrogens is 186 g/mol. The average Bonchev–Trinajstić information content (AvgIpc) is 2.59. The van der Waals surface area contributed by atoms with Gasteiger partial charge in [-0.05, 0) is 56.3 Å². The Labute approximate surface area is 91.1 Å². The van der Waals surface area contributed by atoms with Crippen molar-refractivity contribution in [2.75, 3.05) is 0 Å². The van der Waals surface area contributed by atoms with Crippen molar-refractivity contribution >= 4 is 5.91 Å². The van der Waals surface area contributed by atoms with Gasteiger partial charge in [0.25, 0.3) is 0 Å². The molecule has 1 amide bonds. The number of rotatable bonds is 2. The molecule has 2 nitrogen and oxygen atoms in total. The maximum absolute atomic E-state index is 11.6. The van der Waals surface area contributed by atoms with E-state index in [4.69, 9.17) is 0 Å². The molecule has 0 aliphatic heterocycles. The van der Waals surface area contributed by atoms with Gasteiger partial charge in [-0.1, -0.05) is 6.58 Å². The Hall–Kier alpha value is -0.790. The molecule has 5 atom stereocenters. The predicted octanol–water partition coefficient (Wildman–Crippen LogP) is 2.11. The summed E-state index contributed by atoms with van der Waals surface area (Å²) in [6, 6.07) is 0.470. The van der Waals surface area contributed by atoms with Gasteiger partial charge in [-0.15, -0.1) is 0 Å². The summed E-state index contributed by atoms with van der Waals surface area (Å²) in [5.41, 5.74) is 0.646. The third kappa shape index (κ3) is 1.34. The lowest BCUT2D eigenvalue weighted by atomic mass is 9.79. The Bertz CT molecular complexity index is 318. The minimum atomic E-state index is 0.0657. The predicted molar refractivity (Wildman–Crippen MR) is 59.2 cm³/mol. The molecule has 0 aromatic carbocycles. The molecule has 1 N–H and O–H groups in total. The molecule has 0 heterocycles. The van der Waals surface area contributed by atoms with E-state index in [0.717, 1.165) is 23.7 Å². The number of nitrogens with one attached hydrogen (secondary N) is 1. The molecule has 4 aliphatic carbocycles. The summed E-state index contributed by atoms with van der Waals surface area (Å²) >= 11 is 0. The first kappa shape index (κ1) is 9.44. The van der Waals surface area contributed by atoms with E-state index in [-0.39, 0.29) is 5.91 Å². The summed E-state index contributed by atoms with van der Waals surface area (Å²) in [5.74, 6) is 3.53. The van der Waals surface area contributed by atoms with Gasteiger partial charge in [-0.2, -0.15) is 0 Å². The molecule has 0 radical (unpaired) electrons. The highest BCUT2D eigenvalue weighted by molar-refractivity contribution is 5.92. The van der Waals surface area contributed by atoms with Gasteiger partial charge in [-0.25, -0.2) is 0 Å². The third-order valence-electron chi connectivity index (χ3n) is 4.74. The van der Waals surface area contributed by atoms with E-state index in [0.29, 0.717) is 11.6 Å². The molecule has 0 saturated heterocycles. The van der Waals surface area contributed by atoms with Crippen molar-refractivity contribution < 1.29 is 4.79 Å². The van der Waals surface area contributed by atoms with Crippen LogP contribution in [0.2, 0.25) is 0 Å². The van der Waals surface area contributed by atoms with E-state index in [9.17, 15) is 4.79 Å². The number of carbonyl (C=O) groups is 1. The van der Waals surface area contributed by atoms with Crippen LogP contribution in [0.15, 0.2) is 12.2 Å². The minimum Gasteiger partial charge on any atom is -0.349 e. The van der Waals surface area contributed by atoms with Crippen LogP contribution in [0.1, 0.15) is 32.6 Å². The average molecular weight is 205 g/mol. The van der Waals surface area contributed by atoms with Crippen LogP contribution in [0.5, 0.6) is 0 Å². The van der Waals surface area contributed by atoms with E-state index < -0.39 is 0 Å². The standard InChI is InChI=1S/C13H19NO/c1-7(2)13(15)14-12-10-4-8-3-9(6-10)11(12)5-8/h8-12H,1,3-6H2,2H3,(H,14,15). The van der Waals surface area contributed by atoms with Crippen LogP contribution in [0.3, 0.4) is 0 Å². The molecule has 0 aromatic heterocycles. The summed E-state index contributed by atoms with van der Waals surface area (Å²) in [7, 11) is 0. The second-order valence-electron chi connectivity index (χ2n) is 5.77. The SMILES string of the molecule is C=C(C)C(=O)NC1C2CC3CC(C2)C1C3. The van der Waals surface area contributed by atoms with Crippen molar-refractivity contribution in [1.82, 2.24) is 5.32 Å². The third-order valence-corrected chi connectivity index (χ3v) is 4.74. The van der Waals surface area contributed by atoms with Crippen molar-refractivity contribution in [1.29, 1.82) is 0 Å². The van der Waals surface area contributed by atoms with Gasteiger partial charge in [0, 0.05) is 11.6 Å². The van der Waals surface area contributed by atoms with Gasteiger partial charge in [0.2, 0.25) is 5.91 Å². The summed E-state index contributed by atoms with van der Waals surface area (Å²) in [6.45, 7) is 5.50. The second-order valence-corrected chi connectivity index (χ2v) is 5.77. The summed E-state index contributed by atoms with van der Waals surface area (Å²) in [5, 5.41) is 3.20. The van der Waals surface area contributed by atoms with Crippen LogP contribution in [-0.4, -0.2) is 11.9 Å². The second kappa shape index (κ2) is 3.10. The fourth-order valence-electron chi connectivity index (χ4n) is 4.24. The number of amides is 1. The van der Waals surface area contributed by atoms with Gasteiger partial charge in [0.1, 0.15) is 0 Å². The molecule has 5 unspecified atom stereocenters. The van der Waals surface area contributed by atoms with Gasteiger partial charge in [0.15, 0.2) is 0 Å². The summed E-state index contributed by atoms with van der Waals surface area (Å²) < 4.78 is 0. The molecule has 4 bridgehead atoms. The lowest BCUT2D eigenvalue weighted by Gasteiger charge is -2.32. The fourth-order valence-corrected chi connectivity index (χ4v) is 4.24. The molecule has 0 spiro atoms. The van der Waals surface area contributed by atoms with Crippen LogP contribution < -0.4 is 5.32 Å². The Balaban J connectivity index is 1.73. The molecule has 82 valence electrons. The molecule has 2 heteroatoms. The van der Waals surface area contributed by atoms with E-state index in [1.807, 2.05) is 0 Å². The normalized spacial score (nSPS) is 45.8. The first-order valence-corrected chi connectivity index (χ1v) is 6.11. The molecule has 4 aliphatic rings. The quantitative estimate of drug-likeness (QED) is 0.687. The number of hydrogen-bond acceptors (Lipinski definition) is 1. The van der Waals surface area contributed by atoms with Crippen molar-refractivity contribution in [2.24, 2.45) is 23.7 Å². The molecule has 15 heavy (non-hydrogen) atoms. The molecule has 4 saturated carbocycles. The highest BCUT2D eigenvalue weighted by Gasteiger charge is 2.53.